The minimum Gasteiger partial charge on any atom is -0.497 e. The summed E-state index contributed by atoms with van der Waals surface area (Å²) in [6, 6.07) is 5.93. The maximum atomic E-state index is 5.53. The number of aromatic nitrogens is 3. The molecule has 1 aliphatic heterocycles. The highest BCUT2D eigenvalue weighted by atomic mass is 16.5. The molecule has 2 heterocycles. The standard InChI is InChI=1S/C22H33N7O2/c1-6-9-23-22(24-15-21-26-25-17(2)27(21)3)29-12-10-28(11-13-29)16-18-14-19(30-4)7-8-20(18)31-5/h6-8,14H,1,9-13,15-16H2,2-5H3,(H,23,24). The fourth-order valence-corrected chi connectivity index (χ4v) is 3.53. The summed E-state index contributed by atoms with van der Waals surface area (Å²) >= 11 is 0. The lowest BCUT2D eigenvalue weighted by molar-refractivity contribution is 0.171. The second kappa shape index (κ2) is 10.8. The Bertz CT molecular complexity index is 901. The normalized spacial score (nSPS) is 15.1. The van der Waals surface area contributed by atoms with E-state index >= 15 is 0 Å². The highest BCUT2D eigenvalue weighted by Crippen LogP contribution is 2.25. The van der Waals surface area contributed by atoms with Crippen molar-refractivity contribution in [1.29, 1.82) is 0 Å². The number of aryl methyl sites for hydroxylation is 1. The van der Waals surface area contributed by atoms with E-state index in [2.05, 4.69) is 31.9 Å². The number of ether oxygens (including phenoxy) is 2. The quantitative estimate of drug-likeness (QED) is 0.389. The monoisotopic (exact) mass is 427 g/mol. The lowest BCUT2D eigenvalue weighted by Crippen LogP contribution is -2.52. The number of nitrogens with one attached hydrogen (secondary N) is 1. The summed E-state index contributed by atoms with van der Waals surface area (Å²) in [6.07, 6.45) is 1.84. The Balaban J connectivity index is 1.63. The number of nitrogens with zero attached hydrogens (tertiary/aromatic N) is 6. The summed E-state index contributed by atoms with van der Waals surface area (Å²) in [4.78, 5) is 9.50. The smallest absolute Gasteiger partial charge is 0.194 e. The third-order valence-corrected chi connectivity index (χ3v) is 5.51. The van der Waals surface area contributed by atoms with Crippen molar-refractivity contribution in [3.05, 3.63) is 48.1 Å². The molecule has 1 saturated heterocycles. The molecule has 168 valence electrons. The van der Waals surface area contributed by atoms with Crippen molar-refractivity contribution in [1.82, 2.24) is 29.9 Å². The van der Waals surface area contributed by atoms with E-state index in [1.54, 1.807) is 14.2 Å². The Morgan fingerprint density at radius 1 is 1.19 bits per heavy atom. The number of benzene rings is 1. The summed E-state index contributed by atoms with van der Waals surface area (Å²) in [6.45, 7) is 11.3. The van der Waals surface area contributed by atoms with Gasteiger partial charge in [0.05, 0.1) is 14.2 Å². The van der Waals surface area contributed by atoms with Gasteiger partial charge in [-0.1, -0.05) is 6.08 Å². The molecule has 0 radical (unpaired) electrons. The molecule has 3 rings (SSSR count). The van der Waals surface area contributed by atoms with Crippen molar-refractivity contribution in [2.45, 2.75) is 20.0 Å². The van der Waals surface area contributed by atoms with E-state index in [0.717, 1.165) is 67.4 Å². The molecule has 0 saturated carbocycles. The van der Waals surface area contributed by atoms with E-state index in [4.69, 9.17) is 14.5 Å². The second-order valence-corrected chi connectivity index (χ2v) is 7.47. The number of rotatable bonds is 8. The van der Waals surface area contributed by atoms with Gasteiger partial charge in [0.2, 0.25) is 0 Å². The largest absolute Gasteiger partial charge is 0.497 e. The van der Waals surface area contributed by atoms with Crippen LogP contribution in [0.5, 0.6) is 11.5 Å². The molecule has 1 N–H and O–H groups in total. The molecule has 1 aliphatic rings. The van der Waals surface area contributed by atoms with Gasteiger partial charge in [-0.15, -0.1) is 16.8 Å². The predicted octanol–water partition coefficient (Wildman–Crippen LogP) is 1.59. The molecule has 9 nitrogen and oxygen atoms in total. The number of guanidine groups is 1. The molecule has 1 fully saturated rings. The molecule has 0 unspecified atom stereocenters. The van der Waals surface area contributed by atoms with Gasteiger partial charge in [0.1, 0.15) is 23.9 Å². The van der Waals surface area contributed by atoms with E-state index in [0.29, 0.717) is 13.1 Å². The number of aliphatic imine (C=N–C) groups is 1. The molecular weight excluding hydrogens is 394 g/mol. The van der Waals surface area contributed by atoms with E-state index in [1.807, 2.05) is 42.8 Å². The third-order valence-electron chi connectivity index (χ3n) is 5.51. The number of hydrogen-bond donors (Lipinski definition) is 1. The van der Waals surface area contributed by atoms with E-state index in [-0.39, 0.29) is 0 Å². The molecule has 0 aliphatic carbocycles. The van der Waals surface area contributed by atoms with Crippen LogP contribution in [0.4, 0.5) is 0 Å². The molecule has 0 spiro atoms. The van der Waals surface area contributed by atoms with Crippen molar-refractivity contribution in [3.8, 4) is 11.5 Å². The molecule has 0 amide bonds. The van der Waals surface area contributed by atoms with Crippen LogP contribution in [0, 0.1) is 6.92 Å². The highest BCUT2D eigenvalue weighted by Gasteiger charge is 2.21. The van der Waals surface area contributed by atoms with Crippen LogP contribution in [0.3, 0.4) is 0 Å². The Labute approximate surface area is 184 Å². The first-order valence-electron chi connectivity index (χ1n) is 10.5. The summed E-state index contributed by atoms with van der Waals surface area (Å²) in [5.41, 5.74) is 1.13. The molecular formula is C22H33N7O2. The Morgan fingerprint density at radius 2 is 1.97 bits per heavy atom. The van der Waals surface area contributed by atoms with E-state index in [1.165, 1.54) is 0 Å². The van der Waals surface area contributed by atoms with Crippen LogP contribution in [0.15, 0.2) is 35.8 Å². The first-order valence-corrected chi connectivity index (χ1v) is 10.5. The fraction of sp³-hybridized carbons (Fsp3) is 0.500. The lowest BCUT2D eigenvalue weighted by atomic mass is 10.1. The fourth-order valence-electron chi connectivity index (χ4n) is 3.53. The lowest BCUT2D eigenvalue weighted by Gasteiger charge is -2.36. The van der Waals surface area contributed by atoms with Crippen molar-refractivity contribution in [2.75, 3.05) is 46.9 Å². The molecule has 1 aromatic carbocycles. The minimum absolute atomic E-state index is 0.484. The van der Waals surface area contributed by atoms with Crippen LogP contribution in [-0.2, 0) is 20.1 Å². The van der Waals surface area contributed by atoms with Gasteiger partial charge in [-0.25, -0.2) is 4.99 Å². The van der Waals surface area contributed by atoms with E-state index < -0.39 is 0 Å². The third kappa shape index (κ3) is 5.75. The first kappa shape index (κ1) is 22.6. The summed E-state index contributed by atoms with van der Waals surface area (Å²) in [7, 11) is 5.35. The van der Waals surface area contributed by atoms with Crippen LogP contribution >= 0.6 is 0 Å². The maximum Gasteiger partial charge on any atom is 0.194 e. The Hall–Kier alpha value is -3.07. The van der Waals surface area contributed by atoms with Crippen molar-refractivity contribution < 1.29 is 9.47 Å². The summed E-state index contributed by atoms with van der Waals surface area (Å²) in [5.74, 6) is 4.33. The van der Waals surface area contributed by atoms with E-state index in [9.17, 15) is 0 Å². The summed E-state index contributed by atoms with van der Waals surface area (Å²) < 4.78 is 12.9. The van der Waals surface area contributed by atoms with Gasteiger partial charge in [-0.3, -0.25) is 4.90 Å². The van der Waals surface area contributed by atoms with Gasteiger partial charge < -0.3 is 24.3 Å². The average Bonchev–Trinajstić information content (AvgIpc) is 3.12. The SMILES string of the molecule is C=CCNC(=NCc1nnc(C)n1C)N1CCN(Cc2cc(OC)ccc2OC)CC1. The van der Waals surface area contributed by atoms with Crippen LogP contribution < -0.4 is 14.8 Å². The minimum atomic E-state index is 0.484. The van der Waals surface area contributed by atoms with Crippen molar-refractivity contribution in [2.24, 2.45) is 12.0 Å². The van der Waals surface area contributed by atoms with Gasteiger partial charge in [-0.2, -0.15) is 0 Å². The van der Waals surface area contributed by atoms with Crippen molar-refractivity contribution in [3.63, 3.8) is 0 Å². The van der Waals surface area contributed by atoms with Crippen LogP contribution in [0.2, 0.25) is 0 Å². The molecule has 2 aromatic rings. The Kier molecular flexibility index (Phi) is 7.88. The van der Waals surface area contributed by atoms with Crippen LogP contribution in [-0.4, -0.2) is 77.5 Å². The molecule has 1 aromatic heterocycles. The highest BCUT2D eigenvalue weighted by molar-refractivity contribution is 5.80. The van der Waals surface area contributed by atoms with Gasteiger partial charge in [0, 0.05) is 51.9 Å². The Morgan fingerprint density at radius 3 is 2.58 bits per heavy atom. The second-order valence-electron chi connectivity index (χ2n) is 7.47. The first-order chi connectivity index (χ1) is 15.0. The molecule has 0 bridgehead atoms. The summed E-state index contributed by atoms with van der Waals surface area (Å²) in [5, 5.41) is 11.7. The van der Waals surface area contributed by atoms with Gasteiger partial charge in [0.15, 0.2) is 11.8 Å². The number of piperazine rings is 1. The van der Waals surface area contributed by atoms with Gasteiger partial charge in [-0.05, 0) is 25.1 Å². The van der Waals surface area contributed by atoms with Crippen molar-refractivity contribution >= 4 is 5.96 Å². The zero-order valence-corrected chi connectivity index (χ0v) is 19.0. The zero-order valence-electron chi connectivity index (χ0n) is 19.0. The van der Waals surface area contributed by atoms with Gasteiger partial charge >= 0.3 is 0 Å². The zero-order chi connectivity index (χ0) is 22.2. The maximum absolute atomic E-state index is 5.53. The topological polar surface area (TPSA) is 80.0 Å². The van der Waals surface area contributed by atoms with Crippen LogP contribution in [0.1, 0.15) is 17.2 Å². The van der Waals surface area contributed by atoms with Gasteiger partial charge in [0.25, 0.3) is 0 Å². The van der Waals surface area contributed by atoms with Crippen LogP contribution in [0.25, 0.3) is 0 Å². The number of methoxy groups -OCH3 is 2. The molecule has 31 heavy (non-hydrogen) atoms. The molecule has 0 atom stereocenters. The number of hydrogen-bond acceptors (Lipinski definition) is 6. The molecule has 9 heteroatoms. The average molecular weight is 428 g/mol. The predicted molar refractivity (Wildman–Crippen MR) is 121 cm³/mol.